The number of hydrogen-bond donors (Lipinski definition) is 0. The maximum Gasteiger partial charge on any atom is 0.243 e. The zero-order valence-corrected chi connectivity index (χ0v) is 18.7. The molecule has 1 amide bonds. The number of amides is 1. The van der Waals surface area contributed by atoms with Gasteiger partial charge in [0, 0.05) is 44.1 Å². The molecule has 2 aliphatic rings. The van der Waals surface area contributed by atoms with Crippen LogP contribution in [-0.4, -0.2) is 67.2 Å². The van der Waals surface area contributed by atoms with Gasteiger partial charge in [-0.3, -0.25) is 9.69 Å². The van der Waals surface area contributed by atoms with E-state index >= 15 is 0 Å². The Morgan fingerprint density at radius 3 is 2.40 bits per heavy atom. The van der Waals surface area contributed by atoms with Crippen LogP contribution >= 0.6 is 22.9 Å². The molecule has 0 bridgehead atoms. The molecule has 1 aromatic carbocycles. The highest BCUT2D eigenvalue weighted by atomic mass is 35.5. The number of rotatable bonds is 5. The van der Waals surface area contributed by atoms with Crippen molar-refractivity contribution in [3.63, 3.8) is 0 Å². The van der Waals surface area contributed by atoms with Gasteiger partial charge >= 0.3 is 0 Å². The second-order valence-corrected chi connectivity index (χ2v) is 11.2. The molecule has 10 heteroatoms. The van der Waals surface area contributed by atoms with Crippen LogP contribution in [-0.2, 0) is 21.4 Å². The lowest BCUT2D eigenvalue weighted by Gasteiger charge is -2.37. The summed E-state index contributed by atoms with van der Waals surface area (Å²) in [6.45, 7) is 3.71. The van der Waals surface area contributed by atoms with E-state index in [4.69, 9.17) is 11.6 Å². The second kappa shape index (κ2) is 8.92. The van der Waals surface area contributed by atoms with Gasteiger partial charge < -0.3 is 4.90 Å². The van der Waals surface area contributed by atoms with Gasteiger partial charge in [-0.2, -0.15) is 4.31 Å². The molecule has 1 aromatic heterocycles. The third-order valence-electron chi connectivity index (χ3n) is 5.60. The second-order valence-electron chi connectivity index (χ2n) is 7.53. The Labute approximate surface area is 184 Å². The first-order valence-electron chi connectivity index (χ1n) is 9.87. The summed E-state index contributed by atoms with van der Waals surface area (Å²) in [4.78, 5) is 18.4. The molecule has 2 saturated heterocycles. The van der Waals surface area contributed by atoms with Crippen LogP contribution in [0.15, 0.2) is 41.3 Å². The first-order valence-corrected chi connectivity index (χ1v) is 12.5. The Kier molecular flexibility index (Phi) is 6.45. The molecular formula is C20H23ClFN3O3S2. The van der Waals surface area contributed by atoms with Crippen LogP contribution in [0.5, 0.6) is 0 Å². The van der Waals surface area contributed by atoms with Gasteiger partial charge in [0.05, 0.1) is 9.23 Å². The Morgan fingerprint density at radius 2 is 1.77 bits per heavy atom. The van der Waals surface area contributed by atoms with Crippen molar-refractivity contribution >= 4 is 38.9 Å². The molecular weight excluding hydrogens is 449 g/mol. The Morgan fingerprint density at radius 1 is 1.07 bits per heavy atom. The van der Waals surface area contributed by atoms with Gasteiger partial charge in [-0.05, 0) is 49.2 Å². The Bertz CT molecular complexity index is 1000. The fourth-order valence-electron chi connectivity index (χ4n) is 4.01. The van der Waals surface area contributed by atoms with Gasteiger partial charge in [-0.1, -0.05) is 11.6 Å². The van der Waals surface area contributed by atoms with Crippen molar-refractivity contribution in [2.24, 2.45) is 0 Å². The number of thiophene rings is 1. The average molecular weight is 472 g/mol. The number of nitrogens with zero attached hydrogens (tertiary/aromatic N) is 3. The van der Waals surface area contributed by atoms with Crippen LogP contribution in [0.1, 0.15) is 17.7 Å². The molecule has 0 spiro atoms. The van der Waals surface area contributed by atoms with E-state index in [0.29, 0.717) is 32.5 Å². The largest absolute Gasteiger partial charge is 0.339 e. The minimum atomic E-state index is -3.84. The monoisotopic (exact) mass is 471 g/mol. The molecule has 1 atom stereocenters. The summed E-state index contributed by atoms with van der Waals surface area (Å²) in [6.07, 6.45) is 1.14. The number of sulfonamides is 1. The normalized spacial score (nSPS) is 21.3. The molecule has 0 N–H and O–H groups in total. The number of carbonyl (C=O) groups excluding carboxylic acids is 1. The Balaban J connectivity index is 1.40. The standard InChI is InChI=1S/C20H23ClFN3O3S2/c21-19-8-5-16(29-19)14-23-10-12-24(13-11-23)20(26)18-2-1-9-25(18)30(27,28)17-6-3-15(22)4-7-17/h3-8,18H,1-2,9-14H2/t18-/m0/s1. The molecule has 0 unspecified atom stereocenters. The number of hydrogen-bond acceptors (Lipinski definition) is 5. The highest BCUT2D eigenvalue weighted by Crippen LogP contribution is 2.28. The van der Waals surface area contributed by atoms with Crippen LogP contribution in [0.3, 0.4) is 0 Å². The number of benzene rings is 1. The minimum Gasteiger partial charge on any atom is -0.339 e. The lowest BCUT2D eigenvalue weighted by Crippen LogP contribution is -2.54. The van der Waals surface area contributed by atoms with Gasteiger partial charge in [0.25, 0.3) is 0 Å². The summed E-state index contributed by atoms with van der Waals surface area (Å²) in [5.41, 5.74) is 0. The highest BCUT2D eigenvalue weighted by Gasteiger charge is 2.41. The molecule has 2 aliphatic heterocycles. The van der Waals surface area contributed by atoms with Gasteiger partial charge in [-0.15, -0.1) is 11.3 Å². The van der Waals surface area contributed by atoms with E-state index in [1.54, 1.807) is 16.2 Å². The predicted octanol–water partition coefficient (Wildman–Crippen LogP) is 3.04. The fraction of sp³-hybridized carbons (Fsp3) is 0.450. The summed E-state index contributed by atoms with van der Waals surface area (Å²) in [5.74, 6) is -0.636. The van der Waals surface area contributed by atoms with E-state index in [-0.39, 0.29) is 10.8 Å². The topological polar surface area (TPSA) is 60.9 Å². The fourth-order valence-corrected chi connectivity index (χ4v) is 6.79. The maximum absolute atomic E-state index is 13.2. The van der Waals surface area contributed by atoms with Crippen molar-refractivity contribution in [2.45, 2.75) is 30.3 Å². The van der Waals surface area contributed by atoms with Crippen molar-refractivity contribution in [3.8, 4) is 0 Å². The molecule has 30 heavy (non-hydrogen) atoms. The lowest BCUT2D eigenvalue weighted by molar-refractivity contribution is -0.136. The molecule has 0 saturated carbocycles. The molecule has 2 aromatic rings. The molecule has 162 valence electrons. The van der Waals surface area contributed by atoms with Crippen LogP contribution < -0.4 is 0 Å². The van der Waals surface area contributed by atoms with E-state index in [1.165, 1.54) is 21.3 Å². The van der Waals surface area contributed by atoms with Crippen molar-refractivity contribution < 1.29 is 17.6 Å². The zero-order valence-electron chi connectivity index (χ0n) is 16.3. The van der Waals surface area contributed by atoms with Crippen molar-refractivity contribution in [1.82, 2.24) is 14.1 Å². The van der Waals surface area contributed by atoms with E-state index in [0.717, 1.165) is 36.1 Å². The minimum absolute atomic E-state index is 0.0167. The summed E-state index contributed by atoms with van der Waals surface area (Å²) in [6, 6.07) is 7.96. The first kappa shape index (κ1) is 21.7. The SMILES string of the molecule is O=C([C@@H]1CCCN1S(=O)(=O)c1ccc(F)cc1)N1CCN(Cc2ccc(Cl)s2)CC1. The van der Waals surface area contributed by atoms with Gasteiger partial charge in [0.2, 0.25) is 15.9 Å². The van der Waals surface area contributed by atoms with Gasteiger partial charge in [0.15, 0.2) is 0 Å². The van der Waals surface area contributed by atoms with Crippen LogP contribution in [0.2, 0.25) is 4.34 Å². The summed E-state index contributed by atoms with van der Waals surface area (Å²) in [7, 11) is -3.84. The summed E-state index contributed by atoms with van der Waals surface area (Å²) >= 11 is 7.55. The van der Waals surface area contributed by atoms with Crippen molar-refractivity contribution in [3.05, 3.63) is 51.4 Å². The molecule has 3 heterocycles. The average Bonchev–Trinajstić information content (AvgIpc) is 3.38. The lowest BCUT2D eigenvalue weighted by atomic mass is 10.2. The molecule has 0 aliphatic carbocycles. The predicted molar refractivity (Wildman–Crippen MR) is 114 cm³/mol. The van der Waals surface area contributed by atoms with Gasteiger partial charge in [0.1, 0.15) is 11.9 Å². The summed E-state index contributed by atoms with van der Waals surface area (Å²) < 4.78 is 41.3. The van der Waals surface area contributed by atoms with Crippen molar-refractivity contribution in [2.75, 3.05) is 32.7 Å². The zero-order chi connectivity index (χ0) is 21.3. The van der Waals surface area contributed by atoms with Crippen LogP contribution in [0.4, 0.5) is 4.39 Å². The number of carbonyl (C=O) groups is 1. The molecule has 6 nitrogen and oxygen atoms in total. The number of piperazine rings is 1. The third-order valence-corrected chi connectivity index (χ3v) is 8.74. The van der Waals surface area contributed by atoms with E-state index < -0.39 is 21.9 Å². The van der Waals surface area contributed by atoms with E-state index in [2.05, 4.69) is 4.90 Å². The highest BCUT2D eigenvalue weighted by molar-refractivity contribution is 7.89. The Hall–Kier alpha value is -1.52. The molecule has 2 fully saturated rings. The van der Waals surface area contributed by atoms with Crippen LogP contribution in [0, 0.1) is 5.82 Å². The quantitative estimate of drug-likeness (QED) is 0.672. The van der Waals surface area contributed by atoms with E-state index in [9.17, 15) is 17.6 Å². The summed E-state index contributed by atoms with van der Waals surface area (Å²) in [5, 5.41) is 0. The van der Waals surface area contributed by atoms with E-state index in [1.807, 2.05) is 12.1 Å². The number of halogens is 2. The molecule has 4 rings (SSSR count). The maximum atomic E-state index is 13.2. The molecule has 0 radical (unpaired) electrons. The first-order chi connectivity index (χ1) is 14.3. The smallest absolute Gasteiger partial charge is 0.243 e. The van der Waals surface area contributed by atoms with Crippen molar-refractivity contribution in [1.29, 1.82) is 0 Å². The third kappa shape index (κ3) is 4.55. The van der Waals surface area contributed by atoms with Gasteiger partial charge in [-0.25, -0.2) is 12.8 Å². The van der Waals surface area contributed by atoms with Crippen LogP contribution in [0.25, 0.3) is 0 Å².